The molecule has 4 aliphatic carbocycles. The molecular formula is C61H40N2S. The molecule has 0 saturated heterocycles. The van der Waals surface area contributed by atoms with E-state index in [-0.39, 0.29) is 0 Å². The highest BCUT2D eigenvalue weighted by molar-refractivity contribution is 7.26. The minimum absolute atomic E-state index is 0.469. The van der Waals surface area contributed by atoms with Gasteiger partial charge in [0.2, 0.25) is 0 Å². The van der Waals surface area contributed by atoms with Crippen LogP contribution in [0, 0.1) is 5.92 Å². The van der Waals surface area contributed by atoms with Crippen LogP contribution in [-0.2, 0) is 18.3 Å². The highest BCUT2D eigenvalue weighted by atomic mass is 32.1. The van der Waals surface area contributed by atoms with Gasteiger partial charge in [-0.1, -0.05) is 165 Å². The smallest absolute Gasteiger partial charge is 0.0760 e. The highest BCUT2D eigenvalue weighted by Crippen LogP contribution is 2.63. The second kappa shape index (κ2) is 12.6. The van der Waals surface area contributed by atoms with E-state index in [2.05, 4.69) is 211 Å². The van der Waals surface area contributed by atoms with Gasteiger partial charge in [0.25, 0.3) is 0 Å². The van der Waals surface area contributed by atoms with Gasteiger partial charge in [0.1, 0.15) is 0 Å². The fourth-order valence-corrected chi connectivity index (χ4v) is 13.6. The number of fused-ring (bicyclic) bond motifs is 15. The lowest BCUT2D eigenvalue weighted by Crippen LogP contribution is -2.34. The van der Waals surface area contributed by atoms with Crippen molar-refractivity contribution < 1.29 is 0 Å². The number of nitrogens with zero attached hydrogens (tertiary/aromatic N) is 2. The standard InChI is InChI=1S/C61H40N2S/c1-36-22-31-53-49(32-36)47-18-11-20-52-59(47)63(53)54-35-43(28-30-51(54)61(52)50-19-9-7-16-45(50)46-29-25-39-14-5-6-15-44(39)57(46)61)62(42-26-23-38(24-27-42)37-12-3-2-4-13-37)58-40-33-41(34-40)60-56(58)48-17-8-10-21-55(48)64-60/h2-31,33,35-36H,32,34H2,1H3. The summed E-state index contributed by atoms with van der Waals surface area (Å²) in [7, 11) is 0. The Labute approximate surface area is 375 Å². The lowest BCUT2D eigenvalue weighted by Gasteiger charge is -2.41. The number of rotatable bonds is 4. The van der Waals surface area contributed by atoms with Crippen LogP contribution in [0.5, 0.6) is 0 Å². The lowest BCUT2D eigenvalue weighted by atomic mass is 9.64. The second-order valence-electron chi connectivity index (χ2n) is 18.4. The van der Waals surface area contributed by atoms with Gasteiger partial charge in [-0.15, -0.1) is 11.3 Å². The molecule has 2 bridgehead atoms. The topological polar surface area (TPSA) is 8.17 Å². The SMILES string of the molecule is CC1C=Cc2c(c3cccc4c3n2-c2cc(N(c3ccc(-c5ccccc5)cc3)c3c5cc(c6sc7ccccc7c36)C5)ccc2C42c3ccccc3-c3ccc4ccccc4c32)C1. The van der Waals surface area contributed by atoms with E-state index in [0.29, 0.717) is 5.92 Å². The van der Waals surface area contributed by atoms with E-state index in [1.807, 2.05) is 11.3 Å². The van der Waals surface area contributed by atoms with Crippen LogP contribution >= 0.6 is 11.3 Å². The van der Waals surface area contributed by atoms with Gasteiger partial charge in [-0.05, 0) is 121 Å². The van der Waals surface area contributed by atoms with Gasteiger partial charge in [0.05, 0.1) is 22.3 Å². The summed E-state index contributed by atoms with van der Waals surface area (Å²) in [5.74, 6) is 0.469. The van der Waals surface area contributed by atoms with Crippen LogP contribution in [0.3, 0.4) is 0 Å². The number of benzene rings is 9. The predicted molar refractivity (Wildman–Crippen MR) is 269 cm³/mol. The first kappa shape index (κ1) is 35.1. The van der Waals surface area contributed by atoms with E-state index in [9.17, 15) is 0 Å². The van der Waals surface area contributed by atoms with Crippen molar-refractivity contribution in [3.63, 3.8) is 0 Å². The molecule has 0 saturated carbocycles. The Morgan fingerprint density at radius 2 is 1.33 bits per heavy atom. The van der Waals surface area contributed by atoms with Crippen LogP contribution in [0.1, 0.15) is 51.6 Å². The maximum atomic E-state index is 2.65. The summed E-state index contributed by atoms with van der Waals surface area (Å²) in [6, 6.07) is 69.2. The first-order chi connectivity index (χ1) is 31.6. The van der Waals surface area contributed by atoms with Crippen molar-refractivity contribution in [1.29, 1.82) is 0 Å². The van der Waals surface area contributed by atoms with E-state index >= 15 is 0 Å². The maximum Gasteiger partial charge on any atom is 0.0760 e. The third-order valence-corrected chi connectivity index (χ3v) is 16.3. The number of para-hydroxylation sites is 1. The molecule has 300 valence electrons. The lowest BCUT2D eigenvalue weighted by molar-refractivity contribution is 0.714. The van der Waals surface area contributed by atoms with Gasteiger partial charge in [0.15, 0.2) is 0 Å². The summed E-state index contributed by atoms with van der Waals surface area (Å²) < 4.78 is 5.41. The molecule has 3 heterocycles. The van der Waals surface area contributed by atoms with Gasteiger partial charge < -0.3 is 9.47 Å². The van der Waals surface area contributed by atoms with E-state index < -0.39 is 5.41 Å². The Morgan fingerprint density at radius 3 is 2.22 bits per heavy atom. The van der Waals surface area contributed by atoms with Crippen LogP contribution in [0.2, 0.25) is 0 Å². The zero-order valence-electron chi connectivity index (χ0n) is 35.3. The molecule has 0 N–H and O–H groups in total. The number of hydrogen-bond acceptors (Lipinski definition) is 2. The van der Waals surface area contributed by atoms with E-state index in [4.69, 9.17) is 0 Å². The minimum atomic E-state index is -0.538. The fourth-order valence-electron chi connectivity index (χ4n) is 12.4. The summed E-state index contributed by atoms with van der Waals surface area (Å²) in [5.41, 5.74) is 21.9. The second-order valence-corrected chi connectivity index (χ2v) is 19.5. The summed E-state index contributed by atoms with van der Waals surface area (Å²) in [5, 5.41) is 6.67. The van der Waals surface area contributed by atoms with Gasteiger partial charge in [-0.2, -0.15) is 0 Å². The number of anilines is 3. The zero-order chi connectivity index (χ0) is 41.8. The number of aromatic nitrogens is 1. The molecule has 1 spiro atoms. The molecule has 16 rings (SSSR count). The Balaban J connectivity index is 1.07. The molecule has 0 amide bonds. The largest absolute Gasteiger partial charge is 0.309 e. The molecule has 11 aromatic rings. The van der Waals surface area contributed by atoms with E-state index in [1.165, 1.54) is 126 Å². The molecule has 2 unspecified atom stereocenters. The zero-order valence-corrected chi connectivity index (χ0v) is 36.1. The van der Waals surface area contributed by atoms with Gasteiger partial charge >= 0.3 is 0 Å². The normalized spacial score (nSPS) is 17.2. The van der Waals surface area contributed by atoms with Crippen molar-refractivity contribution in [2.45, 2.75) is 25.2 Å². The van der Waals surface area contributed by atoms with Crippen molar-refractivity contribution in [3.05, 3.63) is 233 Å². The summed E-state index contributed by atoms with van der Waals surface area (Å²) >= 11 is 1.95. The average molecular weight is 833 g/mol. The quantitative estimate of drug-likeness (QED) is 0.171. The molecule has 1 aliphatic heterocycles. The third kappa shape index (κ3) is 4.40. The average Bonchev–Trinajstić information content (AvgIpc) is 3.99. The Hall–Kier alpha value is -7.46. The number of hydrogen-bond donors (Lipinski definition) is 0. The Morgan fingerprint density at radius 1 is 0.594 bits per heavy atom. The van der Waals surface area contributed by atoms with Crippen molar-refractivity contribution in [3.8, 4) is 27.9 Å². The maximum absolute atomic E-state index is 2.65. The molecule has 2 aromatic heterocycles. The molecule has 9 aromatic carbocycles. The first-order valence-corrected chi connectivity index (χ1v) is 23.5. The first-order valence-electron chi connectivity index (χ1n) is 22.7. The Bertz CT molecular complexity index is 3860. The van der Waals surface area contributed by atoms with Crippen molar-refractivity contribution >= 4 is 76.3 Å². The minimum Gasteiger partial charge on any atom is -0.309 e. The number of thiophene rings is 1. The van der Waals surface area contributed by atoms with Crippen LogP contribution in [0.15, 0.2) is 188 Å². The molecule has 2 nitrogen and oxygen atoms in total. The number of allylic oxidation sites excluding steroid dienone is 1. The molecule has 0 fully saturated rings. The van der Waals surface area contributed by atoms with Crippen LogP contribution in [0.4, 0.5) is 17.1 Å². The van der Waals surface area contributed by atoms with Crippen molar-refractivity contribution in [2.24, 2.45) is 5.92 Å². The molecule has 5 aliphatic rings. The third-order valence-electron chi connectivity index (χ3n) is 15.1. The van der Waals surface area contributed by atoms with Crippen LogP contribution < -0.4 is 4.90 Å². The van der Waals surface area contributed by atoms with Crippen LogP contribution in [-0.4, -0.2) is 4.57 Å². The van der Waals surface area contributed by atoms with Crippen molar-refractivity contribution in [2.75, 3.05) is 4.90 Å². The van der Waals surface area contributed by atoms with E-state index in [0.717, 1.165) is 18.5 Å². The molecule has 64 heavy (non-hydrogen) atoms. The fraction of sp³-hybridized carbons (Fsp3) is 0.0820. The highest BCUT2D eigenvalue weighted by Gasteiger charge is 2.52. The summed E-state index contributed by atoms with van der Waals surface area (Å²) in [6.45, 7) is 2.36. The molecular weight excluding hydrogens is 793 g/mol. The monoisotopic (exact) mass is 832 g/mol. The predicted octanol–water partition coefficient (Wildman–Crippen LogP) is 16.1. The van der Waals surface area contributed by atoms with Crippen molar-refractivity contribution in [1.82, 2.24) is 4.57 Å². The summed E-state index contributed by atoms with van der Waals surface area (Å²) in [6.07, 6.45) is 6.86. The Kier molecular flexibility index (Phi) is 6.90. The van der Waals surface area contributed by atoms with Gasteiger partial charge in [-0.3, -0.25) is 0 Å². The summed E-state index contributed by atoms with van der Waals surface area (Å²) in [4.78, 5) is 2.60. The van der Waals surface area contributed by atoms with E-state index in [1.54, 1.807) is 0 Å². The molecule has 0 radical (unpaired) electrons. The van der Waals surface area contributed by atoms with Gasteiger partial charge in [0, 0.05) is 49.0 Å². The van der Waals surface area contributed by atoms with Gasteiger partial charge in [-0.25, -0.2) is 0 Å². The van der Waals surface area contributed by atoms with Crippen LogP contribution in [0.25, 0.3) is 75.9 Å². The molecule has 2 atom stereocenters. The molecule has 3 heteroatoms.